The van der Waals surface area contributed by atoms with Crippen LogP contribution in [0.15, 0.2) is 24.3 Å². The third-order valence-electron chi connectivity index (χ3n) is 5.92. The van der Waals surface area contributed by atoms with Crippen molar-refractivity contribution in [3.8, 4) is 5.75 Å². The minimum Gasteiger partial charge on any atom is -0.482 e. The molecule has 2 bridgehead atoms. The molecule has 0 radical (unpaired) electrons. The van der Waals surface area contributed by atoms with Gasteiger partial charge in [-0.3, -0.25) is 0 Å². The molecule has 0 saturated heterocycles. The molecule has 0 N–H and O–H groups in total. The zero-order valence-corrected chi connectivity index (χ0v) is 14.6. The van der Waals surface area contributed by atoms with Crippen molar-refractivity contribution in [3.63, 3.8) is 0 Å². The maximum Gasteiger partial charge on any atom is 0.344 e. The van der Waals surface area contributed by atoms with Gasteiger partial charge in [0.1, 0.15) is 5.75 Å². The van der Waals surface area contributed by atoms with E-state index in [2.05, 4.69) is 13.8 Å². The molecule has 1 aromatic carbocycles. The van der Waals surface area contributed by atoms with Gasteiger partial charge in [-0.2, -0.15) is 0 Å². The zero-order valence-electron chi connectivity index (χ0n) is 13.9. The van der Waals surface area contributed by atoms with Gasteiger partial charge in [-0.1, -0.05) is 25.4 Å². The average Bonchev–Trinajstić information content (AvgIpc) is 2.54. The van der Waals surface area contributed by atoms with Crippen molar-refractivity contribution in [2.75, 3.05) is 13.2 Å². The normalized spacial score (nSPS) is 27.9. The van der Waals surface area contributed by atoms with Crippen LogP contribution in [0, 0.1) is 23.2 Å². The van der Waals surface area contributed by atoms with Gasteiger partial charge < -0.3 is 9.47 Å². The van der Waals surface area contributed by atoms with E-state index in [1.807, 2.05) is 0 Å². The smallest absolute Gasteiger partial charge is 0.344 e. The number of ether oxygens (including phenoxy) is 2. The van der Waals surface area contributed by atoms with Gasteiger partial charge in [0, 0.05) is 5.02 Å². The zero-order chi connectivity index (χ0) is 16.4. The Balaban J connectivity index is 1.36. The van der Waals surface area contributed by atoms with Crippen LogP contribution in [-0.2, 0) is 9.53 Å². The lowest BCUT2D eigenvalue weighted by molar-refractivity contribution is -0.148. The highest BCUT2D eigenvalue weighted by atomic mass is 35.5. The second-order valence-corrected chi connectivity index (χ2v) is 7.89. The summed E-state index contributed by atoms with van der Waals surface area (Å²) in [6, 6.07) is 6.96. The summed E-state index contributed by atoms with van der Waals surface area (Å²) in [7, 11) is 0. The fourth-order valence-corrected chi connectivity index (χ4v) is 4.47. The summed E-state index contributed by atoms with van der Waals surface area (Å²) in [6.45, 7) is 5.24. The van der Waals surface area contributed by atoms with Crippen molar-refractivity contribution in [1.82, 2.24) is 0 Å². The maximum atomic E-state index is 11.8. The van der Waals surface area contributed by atoms with Gasteiger partial charge in [0.25, 0.3) is 0 Å². The van der Waals surface area contributed by atoms with Crippen LogP contribution in [0.1, 0.15) is 39.5 Å². The highest BCUT2D eigenvalue weighted by molar-refractivity contribution is 6.30. The Hall–Kier alpha value is -1.22. The second kappa shape index (κ2) is 6.72. The fraction of sp³-hybridized carbons (Fsp3) is 0.632. The van der Waals surface area contributed by atoms with Crippen LogP contribution in [-0.4, -0.2) is 19.2 Å². The van der Waals surface area contributed by atoms with Gasteiger partial charge in [0.15, 0.2) is 6.61 Å². The second-order valence-electron chi connectivity index (χ2n) is 7.45. The molecule has 3 fully saturated rings. The first-order valence-corrected chi connectivity index (χ1v) is 8.88. The number of hydrogen-bond donors (Lipinski definition) is 0. The molecule has 3 saturated carbocycles. The lowest BCUT2D eigenvalue weighted by atomic mass is 9.45. The van der Waals surface area contributed by atoms with E-state index in [1.165, 1.54) is 19.3 Å². The van der Waals surface area contributed by atoms with Gasteiger partial charge >= 0.3 is 5.97 Å². The Labute approximate surface area is 143 Å². The van der Waals surface area contributed by atoms with Crippen molar-refractivity contribution >= 4 is 17.6 Å². The van der Waals surface area contributed by atoms with Gasteiger partial charge in [-0.05, 0) is 73.1 Å². The first-order chi connectivity index (χ1) is 11.0. The van der Waals surface area contributed by atoms with E-state index in [0.717, 1.165) is 18.3 Å². The summed E-state index contributed by atoms with van der Waals surface area (Å²) in [6.07, 6.45) is 4.97. The summed E-state index contributed by atoms with van der Waals surface area (Å²) >= 11 is 5.80. The van der Waals surface area contributed by atoms with Crippen LogP contribution < -0.4 is 4.74 Å². The predicted molar refractivity (Wildman–Crippen MR) is 90.6 cm³/mol. The first kappa shape index (κ1) is 16.6. The number of fused-ring (bicyclic) bond motifs is 2. The first-order valence-electron chi connectivity index (χ1n) is 8.51. The Kier molecular flexibility index (Phi) is 4.86. The highest BCUT2D eigenvalue weighted by Gasteiger charge is 2.53. The van der Waals surface area contributed by atoms with E-state index in [0.29, 0.717) is 28.7 Å². The summed E-state index contributed by atoms with van der Waals surface area (Å²) in [5.74, 6) is 2.76. The lowest BCUT2D eigenvalue weighted by Gasteiger charge is -2.60. The topological polar surface area (TPSA) is 35.5 Å². The molecule has 3 unspecified atom stereocenters. The molecular weight excluding hydrogens is 312 g/mol. The molecule has 23 heavy (non-hydrogen) atoms. The van der Waals surface area contributed by atoms with E-state index in [4.69, 9.17) is 21.1 Å². The molecule has 3 atom stereocenters. The Bertz CT molecular complexity index is 550. The molecular formula is C19H25ClO3. The lowest BCUT2D eigenvalue weighted by Crippen LogP contribution is -2.52. The van der Waals surface area contributed by atoms with E-state index < -0.39 is 0 Å². The van der Waals surface area contributed by atoms with Gasteiger partial charge in [-0.15, -0.1) is 0 Å². The number of benzene rings is 1. The molecule has 0 amide bonds. The largest absolute Gasteiger partial charge is 0.482 e. The summed E-state index contributed by atoms with van der Waals surface area (Å²) < 4.78 is 10.7. The van der Waals surface area contributed by atoms with Crippen molar-refractivity contribution < 1.29 is 14.3 Å². The molecule has 0 aromatic heterocycles. The number of hydrogen-bond acceptors (Lipinski definition) is 3. The number of esters is 1. The Morgan fingerprint density at radius 1 is 1.26 bits per heavy atom. The van der Waals surface area contributed by atoms with Crippen molar-refractivity contribution in [1.29, 1.82) is 0 Å². The summed E-state index contributed by atoms with van der Waals surface area (Å²) in [4.78, 5) is 11.8. The Morgan fingerprint density at radius 2 is 2.00 bits per heavy atom. The van der Waals surface area contributed by atoms with E-state index in [1.54, 1.807) is 24.3 Å². The number of carbonyl (C=O) groups is 1. The van der Waals surface area contributed by atoms with Crippen LogP contribution in [0.25, 0.3) is 0 Å². The molecule has 3 aliphatic rings. The molecule has 3 nitrogen and oxygen atoms in total. The van der Waals surface area contributed by atoms with E-state index in [-0.39, 0.29) is 12.6 Å². The van der Waals surface area contributed by atoms with Crippen molar-refractivity contribution in [3.05, 3.63) is 29.3 Å². The quantitative estimate of drug-likeness (QED) is 0.705. The number of rotatable bonds is 6. The molecule has 1 aromatic rings. The van der Waals surface area contributed by atoms with E-state index >= 15 is 0 Å². The molecule has 0 spiro atoms. The van der Waals surface area contributed by atoms with Crippen LogP contribution >= 0.6 is 11.6 Å². The van der Waals surface area contributed by atoms with Gasteiger partial charge in [0.2, 0.25) is 0 Å². The maximum absolute atomic E-state index is 11.8. The van der Waals surface area contributed by atoms with E-state index in [9.17, 15) is 4.79 Å². The van der Waals surface area contributed by atoms with Crippen LogP contribution in [0.4, 0.5) is 0 Å². The minimum atomic E-state index is -0.304. The highest BCUT2D eigenvalue weighted by Crippen LogP contribution is 2.61. The molecule has 4 rings (SSSR count). The minimum absolute atomic E-state index is 0.0523. The van der Waals surface area contributed by atoms with Crippen LogP contribution in [0.2, 0.25) is 5.02 Å². The molecule has 4 heteroatoms. The Morgan fingerprint density at radius 3 is 2.65 bits per heavy atom. The molecule has 0 aliphatic heterocycles. The summed E-state index contributed by atoms with van der Waals surface area (Å²) in [5, 5.41) is 0.647. The molecule has 0 heterocycles. The standard InChI is InChI=1S/C19H25ClO3/c1-19(2)14-4-3-13(17(19)11-14)9-10-22-18(21)12-23-16-7-5-15(20)6-8-16/h5-8,13-14,17H,3-4,9-12H2,1-2H3. The predicted octanol–water partition coefficient (Wildman–Crippen LogP) is 4.72. The van der Waals surface area contributed by atoms with Crippen LogP contribution in [0.5, 0.6) is 5.75 Å². The third-order valence-corrected chi connectivity index (χ3v) is 6.18. The average molecular weight is 337 g/mol. The van der Waals surface area contributed by atoms with Crippen molar-refractivity contribution in [2.24, 2.45) is 23.2 Å². The van der Waals surface area contributed by atoms with Gasteiger partial charge in [0.05, 0.1) is 6.61 Å². The fourth-order valence-electron chi connectivity index (χ4n) is 4.35. The third kappa shape index (κ3) is 3.65. The number of carbonyl (C=O) groups excluding carboxylic acids is 1. The molecule has 3 aliphatic carbocycles. The number of halogens is 1. The van der Waals surface area contributed by atoms with Crippen LogP contribution in [0.3, 0.4) is 0 Å². The monoisotopic (exact) mass is 336 g/mol. The summed E-state index contributed by atoms with van der Waals surface area (Å²) in [5.41, 5.74) is 0.491. The SMILES string of the molecule is CC1(C)C2CCC(CCOC(=O)COc3ccc(Cl)cc3)C1C2. The van der Waals surface area contributed by atoms with Crippen molar-refractivity contribution in [2.45, 2.75) is 39.5 Å². The molecule has 126 valence electrons. The van der Waals surface area contributed by atoms with Gasteiger partial charge in [-0.25, -0.2) is 4.79 Å².